The molecule has 3 nitrogen and oxygen atoms in total. The van der Waals surface area contributed by atoms with Gasteiger partial charge in [0.15, 0.2) is 8.32 Å². The van der Waals surface area contributed by atoms with Crippen LogP contribution in [0.5, 0.6) is 0 Å². The molecule has 0 aliphatic heterocycles. The van der Waals surface area contributed by atoms with Crippen molar-refractivity contribution in [2.45, 2.75) is 130 Å². The van der Waals surface area contributed by atoms with Crippen molar-refractivity contribution in [1.29, 1.82) is 0 Å². The van der Waals surface area contributed by atoms with Crippen LogP contribution in [0.2, 0.25) is 18.1 Å². The fourth-order valence-corrected chi connectivity index (χ4v) is 7.73. The van der Waals surface area contributed by atoms with Gasteiger partial charge < -0.3 is 13.9 Å². The predicted molar refractivity (Wildman–Crippen MR) is 135 cm³/mol. The van der Waals surface area contributed by atoms with Crippen molar-refractivity contribution in [3.63, 3.8) is 0 Å². The summed E-state index contributed by atoms with van der Waals surface area (Å²) in [6.45, 7) is 23.7. The van der Waals surface area contributed by atoms with Crippen LogP contribution in [-0.2, 0) is 13.9 Å². The molecular weight excluding hydrogens is 400 g/mol. The molecule has 2 aliphatic carbocycles. The third-order valence-electron chi connectivity index (χ3n) is 10.2. The molecule has 0 bridgehead atoms. The molecule has 2 aliphatic rings. The summed E-state index contributed by atoms with van der Waals surface area (Å²) in [4.78, 5) is 0. The zero-order valence-electron chi connectivity index (χ0n) is 22.9. The van der Waals surface area contributed by atoms with Crippen LogP contribution in [0.1, 0.15) is 93.9 Å². The van der Waals surface area contributed by atoms with Crippen LogP contribution in [0.15, 0.2) is 0 Å². The first-order valence-electron chi connectivity index (χ1n) is 12.9. The number of rotatable bonds is 9. The Morgan fingerprint density at radius 2 is 1.61 bits per heavy atom. The van der Waals surface area contributed by atoms with Gasteiger partial charge in [-0.3, -0.25) is 0 Å². The molecule has 0 N–H and O–H groups in total. The Morgan fingerprint density at radius 3 is 2.13 bits per heavy atom. The molecule has 2 saturated carbocycles. The maximum Gasteiger partial charge on any atom is 0.192 e. The predicted octanol–water partition coefficient (Wildman–Crippen LogP) is 7.70. The Labute approximate surface area is 195 Å². The first-order chi connectivity index (χ1) is 14.1. The minimum atomic E-state index is -1.75. The van der Waals surface area contributed by atoms with Gasteiger partial charge in [0, 0.05) is 20.3 Å². The molecule has 31 heavy (non-hydrogen) atoms. The van der Waals surface area contributed by atoms with E-state index in [4.69, 9.17) is 13.9 Å². The van der Waals surface area contributed by atoms with E-state index in [1.165, 1.54) is 32.1 Å². The zero-order chi connectivity index (χ0) is 23.8. The van der Waals surface area contributed by atoms with Gasteiger partial charge in [0.2, 0.25) is 0 Å². The van der Waals surface area contributed by atoms with E-state index in [1.54, 1.807) is 0 Å². The van der Waals surface area contributed by atoms with Crippen molar-refractivity contribution < 1.29 is 13.9 Å². The molecule has 0 radical (unpaired) electrons. The van der Waals surface area contributed by atoms with Crippen LogP contribution >= 0.6 is 0 Å². The van der Waals surface area contributed by atoms with Crippen molar-refractivity contribution in [3.05, 3.63) is 0 Å². The average molecular weight is 455 g/mol. The lowest BCUT2D eigenvalue weighted by molar-refractivity contribution is -0.0736. The molecule has 0 aromatic rings. The van der Waals surface area contributed by atoms with Crippen LogP contribution in [0.25, 0.3) is 0 Å². The van der Waals surface area contributed by atoms with E-state index in [9.17, 15) is 0 Å². The summed E-state index contributed by atoms with van der Waals surface area (Å²) in [5, 5.41) is 0.275. The van der Waals surface area contributed by atoms with Gasteiger partial charge >= 0.3 is 0 Å². The Morgan fingerprint density at radius 1 is 1.00 bits per heavy atom. The fraction of sp³-hybridized carbons (Fsp3) is 1.00. The second-order valence-electron chi connectivity index (χ2n) is 13.2. The number of hydrogen-bond acceptors (Lipinski definition) is 3. The van der Waals surface area contributed by atoms with E-state index >= 15 is 0 Å². The summed E-state index contributed by atoms with van der Waals surface area (Å²) in [6, 6.07) is 0. The third-order valence-corrected chi connectivity index (χ3v) is 14.7. The van der Waals surface area contributed by atoms with Gasteiger partial charge in [-0.25, -0.2) is 0 Å². The average Bonchev–Trinajstić information content (AvgIpc) is 3.02. The fourth-order valence-electron chi connectivity index (χ4n) is 6.34. The van der Waals surface area contributed by atoms with Gasteiger partial charge in [0.05, 0.1) is 11.7 Å². The van der Waals surface area contributed by atoms with E-state index in [-0.39, 0.29) is 16.7 Å². The number of methoxy groups -OCH3 is 2. The van der Waals surface area contributed by atoms with Crippen LogP contribution in [0.3, 0.4) is 0 Å². The van der Waals surface area contributed by atoms with Gasteiger partial charge in [0.25, 0.3) is 0 Å². The Hall–Kier alpha value is 0.0969. The summed E-state index contributed by atoms with van der Waals surface area (Å²) < 4.78 is 19.0. The highest BCUT2D eigenvalue weighted by Crippen LogP contribution is 2.59. The smallest absolute Gasteiger partial charge is 0.192 e. The van der Waals surface area contributed by atoms with Gasteiger partial charge in [0.1, 0.15) is 0 Å². The molecule has 0 amide bonds. The van der Waals surface area contributed by atoms with Gasteiger partial charge in [-0.05, 0) is 93.2 Å². The summed E-state index contributed by atoms with van der Waals surface area (Å²) in [6.07, 6.45) is 8.33. The molecule has 0 spiro atoms. The van der Waals surface area contributed by atoms with Crippen molar-refractivity contribution in [2.75, 3.05) is 14.2 Å². The van der Waals surface area contributed by atoms with Crippen LogP contribution in [-0.4, -0.2) is 40.3 Å². The quantitative estimate of drug-likeness (QED) is 0.334. The first kappa shape index (κ1) is 27.3. The van der Waals surface area contributed by atoms with E-state index in [0.717, 1.165) is 6.42 Å². The lowest BCUT2D eigenvalue weighted by Gasteiger charge is -2.50. The number of ether oxygens (including phenoxy) is 2. The van der Waals surface area contributed by atoms with Gasteiger partial charge in [-0.2, -0.15) is 0 Å². The Kier molecular flexibility index (Phi) is 8.61. The van der Waals surface area contributed by atoms with Crippen molar-refractivity contribution in [1.82, 2.24) is 0 Å². The molecule has 1 unspecified atom stereocenters. The third kappa shape index (κ3) is 5.61. The number of hydrogen-bond donors (Lipinski definition) is 0. The molecule has 0 heterocycles. The Bertz CT molecular complexity index is 582. The molecule has 2 rings (SSSR count). The maximum absolute atomic E-state index is 7.05. The number of fused-ring (bicyclic) bond motifs is 1. The minimum absolute atomic E-state index is 0.119. The van der Waals surface area contributed by atoms with E-state index in [1.807, 2.05) is 14.2 Å². The summed E-state index contributed by atoms with van der Waals surface area (Å²) in [7, 11) is 1.99. The maximum atomic E-state index is 7.05. The molecule has 184 valence electrons. The molecule has 4 heteroatoms. The molecular formula is C27H54O3Si. The first-order valence-corrected chi connectivity index (χ1v) is 15.8. The molecule has 2 fully saturated rings. The second kappa shape index (κ2) is 9.76. The molecule has 0 saturated heterocycles. The highest BCUT2D eigenvalue weighted by Gasteiger charge is 2.55. The molecule has 7 atom stereocenters. The Balaban J connectivity index is 2.17. The summed E-state index contributed by atoms with van der Waals surface area (Å²) >= 11 is 0. The van der Waals surface area contributed by atoms with Gasteiger partial charge in [-0.15, -0.1) is 0 Å². The van der Waals surface area contributed by atoms with Crippen molar-refractivity contribution in [2.24, 2.45) is 29.1 Å². The molecule has 0 aromatic heterocycles. The lowest BCUT2D eigenvalue weighted by atomic mass is 9.61. The van der Waals surface area contributed by atoms with E-state index in [2.05, 4.69) is 68.5 Å². The lowest BCUT2D eigenvalue weighted by Crippen LogP contribution is -2.50. The standard InChI is InChI=1S/C27H54O3Si/c1-19(26(6,7)29-10)18-24(28-9)20(2)21-15-16-22-23(14-13-17-27(21,22)8)30-31(11,12)25(3,4)5/h19-24H,13-18H2,1-12H3/t19-,20+,21-,22+,23+,24?,27-/m1/s1. The van der Waals surface area contributed by atoms with E-state index in [0.29, 0.717) is 35.2 Å². The SMILES string of the molecule is COC(C[C@@H](C)C(C)(C)OC)[C@@H](C)[C@H]1CC[C@H]2[C@@H](O[Si](C)(C)C(C)(C)C)CCC[C@]12C. The topological polar surface area (TPSA) is 27.7 Å². The normalized spacial score (nSPS) is 33.1. The van der Waals surface area contributed by atoms with Crippen LogP contribution < -0.4 is 0 Å². The van der Waals surface area contributed by atoms with Crippen LogP contribution in [0.4, 0.5) is 0 Å². The second-order valence-corrected chi connectivity index (χ2v) is 17.9. The van der Waals surface area contributed by atoms with Crippen LogP contribution in [0, 0.1) is 29.1 Å². The highest BCUT2D eigenvalue weighted by molar-refractivity contribution is 6.74. The summed E-state index contributed by atoms with van der Waals surface area (Å²) in [5.74, 6) is 2.43. The van der Waals surface area contributed by atoms with Crippen molar-refractivity contribution >= 4 is 8.32 Å². The van der Waals surface area contributed by atoms with Crippen molar-refractivity contribution in [3.8, 4) is 0 Å². The monoisotopic (exact) mass is 454 g/mol. The zero-order valence-corrected chi connectivity index (χ0v) is 23.9. The van der Waals surface area contributed by atoms with E-state index < -0.39 is 8.32 Å². The molecule has 0 aromatic carbocycles. The van der Waals surface area contributed by atoms with Gasteiger partial charge in [-0.1, -0.05) is 48.0 Å². The highest BCUT2D eigenvalue weighted by atomic mass is 28.4. The summed E-state index contributed by atoms with van der Waals surface area (Å²) in [5.41, 5.74) is 0.257. The largest absolute Gasteiger partial charge is 0.414 e. The minimum Gasteiger partial charge on any atom is -0.414 e.